The Bertz CT molecular complexity index is 878. The Balaban J connectivity index is 1.23. The molecule has 2 heterocycles. The van der Waals surface area contributed by atoms with Gasteiger partial charge in [-0.2, -0.15) is 0 Å². The smallest absolute Gasteiger partial charge is 0.224 e. The van der Waals surface area contributed by atoms with E-state index in [-0.39, 0.29) is 17.4 Å². The van der Waals surface area contributed by atoms with Gasteiger partial charge in [-0.05, 0) is 75.3 Å². The summed E-state index contributed by atoms with van der Waals surface area (Å²) in [5, 5.41) is 2.72. The van der Waals surface area contributed by atoms with Crippen LogP contribution in [0.3, 0.4) is 0 Å². The van der Waals surface area contributed by atoms with Crippen LogP contribution >= 0.6 is 0 Å². The lowest BCUT2D eigenvalue weighted by Gasteiger charge is -2.43. The lowest BCUT2D eigenvalue weighted by atomic mass is 9.90. The first kappa shape index (κ1) is 21.8. The predicted molar refractivity (Wildman–Crippen MR) is 125 cm³/mol. The number of hydrogen-bond donors (Lipinski definition) is 1. The topological polar surface area (TPSA) is 35.6 Å². The number of hydrogen-bond acceptors (Lipinski definition) is 3. The highest BCUT2D eigenvalue weighted by Gasteiger charge is 2.29. The van der Waals surface area contributed by atoms with Gasteiger partial charge in [0.15, 0.2) is 0 Å². The highest BCUT2D eigenvalue weighted by Crippen LogP contribution is 2.29. The SMILES string of the molecule is Cc1ccccc1N1CCC(N2CCC[C@@H](CCC(=O)Nc3ccccc3F)C2)CC1. The zero-order valence-corrected chi connectivity index (χ0v) is 18.5. The fraction of sp³-hybridized carbons (Fsp3) is 0.500. The fourth-order valence-electron chi connectivity index (χ4n) is 5.17. The number of nitrogens with one attached hydrogen (secondary N) is 1. The Hall–Kier alpha value is -2.40. The molecule has 2 aromatic rings. The molecule has 0 unspecified atom stereocenters. The maximum Gasteiger partial charge on any atom is 0.224 e. The van der Waals surface area contributed by atoms with E-state index in [1.54, 1.807) is 18.2 Å². The molecule has 2 fully saturated rings. The number of halogens is 1. The molecule has 4 rings (SSSR count). The number of rotatable bonds is 6. The van der Waals surface area contributed by atoms with Crippen LogP contribution in [-0.4, -0.2) is 43.0 Å². The summed E-state index contributed by atoms with van der Waals surface area (Å²) in [5.41, 5.74) is 3.00. The number of likely N-dealkylation sites (tertiary alicyclic amines) is 1. The quantitative estimate of drug-likeness (QED) is 0.691. The minimum atomic E-state index is -0.378. The van der Waals surface area contributed by atoms with E-state index in [1.165, 1.54) is 49.5 Å². The molecule has 0 saturated carbocycles. The normalized spacial score (nSPS) is 20.6. The van der Waals surface area contributed by atoms with Gasteiger partial charge in [0.2, 0.25) is 5.91 Å². The van der Waals surface area contributed by atoms with Gasteiger partial charge in [-0.1, -0.05) is 30.3 Å². The van der Waals surface area contributed by atoms with E-state index in [0.717, 1.165) is 26.1 Å². The zero-order valence-electron chi connectivity index (χ0n) is 18.5. The van der Waals surface area contributed by atoms with Crippen molar-refractivity contribution in [2.24, 2.45) is 5.92 Å². The Morgan fingerprint density at radius 2 is 1.77 bits per heavy atom. The van der Waals surface area contributed by atoms with Crippen molar-refractivity contribution in [1.82, 2.24) is 4.90 Å². The number of para-hydroxylation sites is 2. The molecule has 0 spiro atoms. The standard InChI is InChI=1S/C26H34FN3O/c1-20-7-2-5-11-25(20)29-17-14-22(15-18-29)30-16-6-8-21(19-30)12-13-26(31)28-24-10-4-3-9-23(24)27/h2-5,7,9-11,21-22H,6,8,12-19H2,1H3,(H,28,31)/t21-/m0/s1. The third kappa shape index (κ3) is 5.65. The van der Waals surface area contributed by atoms with Crippen LogP contribution in [0.2, 0.25) is 0 Å². The second-order valence-electron chi connectivity index (χ2n) is 9.07. The number of piperidine rings is 2. The van der Waals surface area contributed by atoms with Gasteiger partial charge in [0, 0.05) is 37.8 Å². The lowest BCUT2D eigenvalue weighted by Crippen LogP contribution is -2.48. The van der Waals surface area contributed by atoms with Crippen LogP contribution in [0, 0.1) is 18.7 Å². The van der Waals surface area contributed by atoms with Crippen molar-refractivity contribution < 1.29 is 9.18 Å². The van der Waals surface area contributed by atoms with E-state index in [1.807, 2.05) is 0 Å². The number of benzene rings is 2. The van der Waals surface area contributed by atoms with Gasteiger partial charge in [0.05, 0.1) is 5.69 Å². The monoisotopic (exact) mass is 423 g/mol. The molecular formula is C26H34FN3O. The van der Waals surface area contributed by atoms with Crippen LogP contribution < -0.4 is 10.2 Å². The van der Waals surface area contributed by atoms with Crippen LogP contribution in [0.25, 0.3) is 0 Å². The van der Waals surface area contributed by atoms with Gasteiger partial charge in [-0.25, -0.2) is 4.39 Å². The van der Waals surface area contributed by atoms with Crippen molar-refractivity contribution in [3.63, 3.8) is 0 Å². The molecule has 1 amide bonds. The molecule has 2 aliphatic rings. The van der Waals surface area contributed by atoms with Crippen LogP contribution in [0.5, 0.6) is 0 Å². The third-order valence-electron chi connectivity index (χ3n) is 6.92. The van der Waals surface area contributed by atoms with E-state index in [9.17, 15) is 9.18 Å². The number of nitrogens with zero attached hydrogens (tertiary/aromatic N) is 2. The predicted octanol–water partition coefficient (Wildman–Crippen LogP) is 5.23. The van der Waals surface area contributed by atoms with Gasteiger partial charge < -0.3 is 10.2 Å². The Labute approximate surface area is 185 Å². The van der Waals surface area contributed by atoms with Crippen LogP contribution in [0.4, 0.5) is 15.8 Å². The third-order valence-corrected chi connectivity index (χ3v) is 6.92. The first-order valence-electron chi connectivity index (χ1n) is 11.7. The summed E-state index contributed by atoms with van der Waals surface area (Å²) in [7, 11) is 0. The van der Waals surface area contributed by atoms with Crippen molar-refractivity contribution in [3.8, 4) is 0 Å². The van der Waals surface area contributed by atoms with Crippen molar-refractivity contribution in [2.75, 3.05) is 36.4 Å². The summed E-state index contributed by atoms with van der Waals surface area (Å²) >= 11 is 0. The van der Waals surface area contributed by atoms with Crippen LogP contribution in [0.1, 0.15) is 44.1 Å². The fourth-order valence-corrected chi connectivity index (χ4v) is 5.17. The second-order valence-corrected chi connectivity index (χ2v) is 9.07. The Morgan fingerprint density at radius 3 is 2.55 bits per heavy atom. The highest BCUT2D eigenvalue weighted by molar-refractivity contribution is 5.90. The summed E-state index contributed by atoms with van der Waals surface area (Å²) in [4.78, 5) is 17.5. The number of amides is 1. The molecule has 0 aliphatic carbocycles. The van der Waals surface area contributed by atoms with E-state index < -0.39 is 0 Å². The maximum atomic E-state index is 13.7. The summed E-state index contributed by atoms with van der Waals surface area (Å²) in [6, 6.07) is 15.7. The molecule has 0 aromatic heterocycles. The van der Waals surface area contributed by atoms with Crippen molar-refractivity contribution in [1.29, 1.82) is 0 Å². The summed E-state index contributed by atoms with van der Waals surface area (Å²) in [5.74, 6) is 0.0833. The molecule has 0 radical (unpaired) electrons. The van der Waals surface area contributed by atoms with Gasteiger partial charge in [-0.3, -0.25) is 9.69 Å². The van der Waals surface area contributed by atoms with Gasteiger partial charge in [0.25, 0.3) is 0 Å². The molecule has 166 valence electrons. The van der Waals surface area contributed by atoms with Crippen molar-refractivity contribution in [3.05, 3.63) is 59.9 Å². The summed E-state index contributed by atoms with van der Waals surface area (Å²) in [6.07, 6.45) is 6.13. The number of carbonyl (C=O) groups is 1. The molecular weight excluding hydrogens is 389 g/mol. The van der Waals surface area contributed by atoms with Crippen LogP contribution in [-0.2, 0) is 4.79 Å². The first-order chi connectivity index (χ1) is 15.1. The van der Waals surface area contributed by atoms with Gasteiger partial charge >= 0.3 is 0 Å². The van der Waals surface area contributed by atoms with E-state index in [2.05, 4.69) is 46.3 Å². The minimum Gasteiger partial charge on any atom is -0.371 e. The van der Waals surface area contributed by atoms with Crippen molar-refractivity contribution >= 4 is 17.3 Å². The molecule has 1 atom stereocenters. The summed E-state index contributed by atoms with van der Waals surface area (Å²) in [6.45, 7) is 6.68. The first-order valence-corrected chi connectivity index (χ1v) is 11.7. The average molecular weight is 424 g/mol. The number of aryl methyl sites for hydroxylation is 1. The Morgan fingerprint density at radius 1 is 1.03 bits per heavy atom. The van der Waals surface area contributed by atoms with E-state index >= 15 is 0 Å². The second kappa shape index (κ2) is 10.3. The van der Waals surface area contributed by atoms with Gasteiger partial charge in [0.1, 0.15) is 5.82 Å². The van der Waals surface area contributed by atoms with Crippen molar-refractivity contribution in [2.45, 2.75) is 51.5 Å². The summed E-state index contributed by atoms with van der Waals surface area (Å²) < 4.78 is 13.7. The molecule has 0 bridgehead atoms. The van der Waals surface area contributed by atoms with E-state index in [4.69, 9.17) is 0 Å². The maximum absolute atomic E-state index is 13.7. The number of carbonyl (C=O) groups excluding carboxylic acids is 1. The molecule has 2 aromatic carbocycles. The molecule has 5 heteroatoms. The average Bonchev–Trinajstić information content (AvgIpc) is 2.80. The van der Waals surface area contributed by atoms with E-state index in [0.29, 0.717) is 18.4 Å². The lowest BCUT2D eigenvalue weighted by molar-refractivity contribution is -0.116. The number of anilines is 2. The minimum absolute atomic E-state index is 0.0891. The largest absolute Gasteiger partial charge is 0.371 e. The molecule has 31 heavy (non-hydrogen) atoms. The zero-order chi connectivity index (χ0) is 21.6. The highest BCUT2D eigenvalue weighted by atomic mass is 19.1. The molecule has 2 aliphatic heterocycles. The molecule has 1 N–H and O–H groups in total. The molecule has 4 nitrogen and oxygen atoms in total. The van der Waals surface area contributed by atoms with Gasteiger partial charge in [-0.15, -0.1) is 0 Å². The van der Waals surface area contributed by atoms with Crippen LogP contribution in [0.15, 0.2) is 48.5 Å². The Kier molecular flexibility index (Phi) is 7.23. The molecule has 2 saturated heterocycles.